The average Bonchev–Trinajstić information content (AvgIpc) is 2.87. The summed E-state index contributed by atoms with van der Waals surface area (Å²) < 4.78 is 40.5. The molecule has 0 aliphatic heterocycles. The molecule has 0 saturated heterocycles. The summed E-state index contributed by atoms with van der Waals surface area (Å²) >= 11 is 6.03. The van der Waals surface area contributed by atoms with Gasteiger partial charge in [0.15, 0.2) is 5.65 Å². The molecule has 0 aliphatic rings. The lowest BCUT2D eigenvalue weighted by molar-refractivity contribution is -0.137. The number of nitrogens with zero attached hydrogens (tertiary/aromatic N) is 2. The van der Waals surface area contributed by atoms with Gasteiger partial charge in [0.25, 0.3) is 0 Å². The van der Waals surface area contributed by atoms with Crippen molar-refractivity contribution in [1.82, 2.24) is 9.38 Å². The maximum Gasteiger partial charge on any atom is 0.417 e. The summed E-state index contributed by atoms with van der Waals surface area (Å²) in [5.41, 5.74) is 7.12. The normalized spacial score (nSPS) is 12.0. The topological polar surface area (TPSA) is 43.3 Å². The fraction of sp³-hybridized carbons (Fsp3) is 0.188. The Balaban J connectivity index is 2.31. The fourth-order valence-electron chi connectivity index (χ4n) is 2.51. The molecule has 0 unspecified atom stereocenters. The van der Waals surface area contributed by atoms with Gasteiger partial charge in [0.1, 0.15) is 0 Å². The quantitative estimate of drug-likeness (QED) is 0.778. The Morgan fingerprint density at radius 1 is 1.17 bits per heavy atom. The number of hydrogen-bond donors (Lipinski definition) is 1. The molecule has 0 spiro atoms. The molecule has 1 aromatic carbocycles. The first-order chi connectivity index (χ1) is 10.9. The summed E-state index contributed by atoms with van der Waals surface area (Å²) in [4.78, 5) is 4.43. The predicted octanol–water partition coefficient (Wildman–Crippen LogP) is 4.17. The van der Waals surface area contributed by atoms with Crippen LogP contribution in [-0.2, 0) is 12.6 Å². The molecule has 2 aromatic heterocycles. The first-order valence-corrected chi connectivity index (χ1v) is 7.33. The Morgan fingerprint density at radius 2 is 1.87 bits per heavy atom. The first kappa shape index (κ1) is 15.8. The van der Waals surface area contributed by atoms with Crippen molar-refractivity contribution >= 4 is 17.2 Å². The summed E-state index contributed by atoms with van der Waals surface area (Å²) in [6, 6.07) is 10.1. The number of pyridine rings is 1. The number of imidazole rings is 1. The van der Waals surface area contributed by atoms with E-state index in [9.17, 15) is 13.2 Å². The van der Waals surface area contributed by atoms with E-state index in [4.69, 9.17) is 17.3 Å². The zero-order valence-corrected chi connectivity index (χ0v) is 12.7. The van der Waals surface area contributed by atoms with E-state index in [-0.39, 0.29) is 5.02 Å². The molecule has 3 aromatic rings. The van der Waals surface area contributed by atoms with Crippen LogP contribution >= 0.6 is 11.6 Å². The van der Waals surface area contributed by atoms with Gasteiger partial charge in [0.2, 0.25) is 0 Å². The van der Waals surface area contributed by atoms with Crippen LogP contribution in [0.1, 0.15) is 11.3 Å². The Morgan fingerprint density at radius 3 is 2.48 bits per heavy atom. The van der Waals surface area contributed by atoms with Crippen LogP contribution in [-0.4, -0.2) is 15.9 Å². The van der Waals surface area contributed by atoms with Crippen LogP contribution in [0.5, 0.6) is 0 Å². The SMILES string of the molecule is NCCc1c(-c2ccccc2)nc2c(Cl)cc(C(F)(F)F)cn12. The predicted molar refractivity (Wildman–Crippen MR) is 83.4 cm³/mol. The van der Waals surface area contributed by atoms with Crippen LogP contribution in [0, 0.1) is 0 Å². The van der Waals surface area contributed by atoms with Gasteiger partial charge >= 0.3 is 6.18 Å². The van der Waals surface area contributed by atoms with Gasteiger partial charge in [-0.15, -0.1) is 0 Å². The van der Waals surface area contributed by atoms with E-state index in [0.29, 0.717) is 30.0 Å². The monoisotopic (exact) mass is 339 g/mol. The second-order valence-electron chi connectivity index (χ2n) is 5.08. The molecule has 2 heterocycles. The molecule has 0 amide bonds. The maximum atomic E-state index is 13.0. The van der Waals surface area contributed by atoms with Crippen molar-refractivity contribution in [3.8, 4) is 11.3 Å². The van der Waals surface area contributed by atoms with E-state index in [0.717, 1.165) is 17.8 Å². The maximum absolute atomic E-state index is 13.0. The summed E-state index contributed by atoms with van der Waals surface area (Å²) in [7, 11) is 0. The van der Waals surface area contributed by atoms with Gasteiger partial charge < -0.3 is 10.1 Å². The van der Waals surface area contributed by atoms with E-state index < -0.39 is 11.7 Å². The zero-order valence-electron chi connectivity index (χ0n) is 11.9. The molecule has 3 nitrogen and oxygen atoms in total. The highest BCUT2D eigenvalue weighted by Gasteiger charge is 2.32. The highest BCUT2D eigenvalue weighted by Crippen LogP contribution is 2.34. The number of rotatable bonds is 3. The molecule has 3 rings (SSSR count). The molecule has 7 heteroatoms. The number of aromatic nitrogens is 2. The first-order valence-electron chi connectivity index (χ1n) is 6.95. The molecule has 120 valence electrons. The molecular formula is C16H13ClF3N3. The number of halogens is 4. The van der Waals surface area contributed by atoms with Crippen LogP contribution in [0.2, 0.25) is 5.02 Å². The van der Waals surface area contributed by atoms with Crippen LogP contribution in [0.4, 0.5) is 13.2 Å². The van der Waals surface area contributed by atoms with Crippen LogP contribution in [0.15, 0.2) is 42.6 Å². The van der Waals surface area contributed by atoms with Gasteiger partial charge in [-0.2, -0.15) is 13.2 Å². The van der Waals surface area contributed by atoms with Crippen molar-refractivity contribution in [2.75, 3.05) is 6.54 Å². The molecule has 2 N–H and O–H groups in total. The van der Waals surface area contributed by atoms with Crippen molar-refractivity contribution in [3.05, 3.63) is 58.9 Å². The largest absolute Gasteiger partial charge is 0.417 e. The highest BCUT2D eigenvalue weighted by molar-refractivity contribution is 6.33. The summed E-state index contributed by atoms with van der Waals surface area (Å²) in [5.74, 6) is 0. The zero-order chi connectivity index (χ0) is 16.6. The van der Waals surface area contributed by atoms with Crippen molar-refractivity contribution in [2.45, 2.75) is 12.6 Å². The fourth-order valence-corrected chi connectivity index (χ4v) is 2.76. The molecular weight excluding hydrogens is 327 g/mol. The third-order valence-corrected chi connectivity index (χ3v) is 3.81. The minimum absolute atomic E-state index is 0.0414. The lowest BCUT2D eigenvalue weighted by Gasteiger charge is -2.10. The van der Waals surface area contributed by atoms with Crippen LogP contribution in [0.25, 0.3) is 16.9 Å². The highest BCUT2D eigenvalue weighted by atomic mass is 35.5. The molecule has 0 bridgehead atoms. The van der Waals surface area contributed by atoms with Gasteiger partial charge in [-0.25, -0.2) is 4.98 Å². The Hall–Kier alpha value is -2.05. The number of hydrogen-bond acceptors (Lipinski definition) is 2. The second kappa shape index (κ2) is 5.86. The molecule has 23 heavy (non-hydrogen) atoms. The molecule has 0 atom stereocenters. The number of fused-ring (bicyclic) bond motifs is 1. The molecule has 0 aliphatic carbocycles. The van der Waals surface area contributed by atoms with Crippen LogP contribution in [0.3, 0.4) is 0 Å². The smallest absolute Gasteiger partial charge is 0.330 e. The average molecular weight is 340 g/mol. The van der Waals surface area contributed by atoms with Gasteiger partial charge in [0, 0.05) is 18.2 Å². The van der Waals surface area contributed by atoms with Crippen molar-refractivity contribution < 1.29 is 13.2 Å². The van der Waals surface area contributed by atoms with E-state index in [1.165, 1.54) is 4.40 Å². The minimum atomic E-state index is -4.48. The number of nitrogens with two attached hydrogens (primary N) is 1. The Labute approximate surface area is 135 Å². The Bertz CT molecular complexity index is 841. The molecule has 0 radical (unpaired) electrons. The summed E-state index contributed by atoms with van der Waals surface area (Å²) in [6.07, 6.45) is -3.07. The lowest BCUT2D eigenvalue weighted by Crippen LogP contribution is -2.10. The van der Waals surface area contributed by atoms with Gasteiger partial charge in [-0.3, -0.25) is 0 Å². The van der Waals surface area contributed by atoms with Crippen molar-refractivity contribution in [2.24, 2.45) is 5.73 Å². The Kier molecular flexibility index (Phi) is 4.04. The second-order valence-corrected chi connectivity index (χ2v) is 5.49. The lowest BCUT2D eigenvalue weighted by atomic mass is 10.1. The summed E-state index contributed by atoms with van der Waals surface area (Å²) in [5, 5.41) is -0.0414. The standard InChI is InChI=1S/C16H13ClF3N3/c17-12-8-11(16(18,19)20)9-23-13(6-7-21)14(22-15(12)23)10-4-2-1-3-5-10/h1-5,8-9H,6-7,21H2. The van der Waals surface area contributed by atoms with Gasteiger partial charge in [-0.05, 0) is 12.6 Å². The number of alkyl halides is 3. The third kappa shape index (κ3) is 2.92. The number of benzene rings is 1. The third-order valence-electron chi connectivity index (χ3n) is 3.53. The molecule has 0 fully saturated rings. The summed E-state index contributed by atoms with van der Waals surface area (Å²) in [6.45, 7) is 0.293. The van der Waals surface area contributed by atoms with E-state index in [2.05, 4.69) is 4.98 Å². The molecule has 0 saturated carbocycles. The van der Waals surface area contributed by atoms with Gasteiger partial charge in [-0.1, -0.05) is 41.9 Å². The van der Waals surface area contributed by atoms with E-state index in [1.54, 1.807) is 0 Å². The van der Waals surface area contributed by atoms with Gasteiger partial charge in [0.05, 0.1) is 22.0 Å². The van der Waals surface area contributed by atoms with Crippen molar-refractivity contribution in [3.63, 3.8) is 0 Å². The van der Waals surface area contributed by atoms with Crippen molar-refractivity contribution in [1.29, 1.82) is 0 Å². The minimum Gasteiger partial charge on any atom is -0.330 e. The van der Waals surface area contributed by atoms with E-state index in [1.807, 2.05) is 30.3 Å². The van der Waals surface area contributed by atoms with Crippen LogP contribution < -0.4 is 5.73 Å². The van der Waals surface area contributed by atoms with E-state index >= 15 is 0 Å².